The van der Waals surface area contributed by atoms with Gasteiger partial charge in [0.05, 0.1) is 0 Å². The first kappa shape index (κ1) is 18.4. The maximum Gasteiger partial charge on any atom is 0.313 e. The first-order valence-corrected chi connectivity index (χ1v) is 8.19. The lowest BCUT2D eigenvalue weighted by Crippen LogP contribution is -2.47. The average Bonchev–Trinajstić information content (AvgIpc) is 2.54. The van der Waals surface area contributed by atoms with Gasteiger partial charge in [-0.15, -0.1) is 0 Å². The fraction of sp³-hybridized carbons (Fsp3) is 0.529. The molecule has 132 valence electrons. The number of amides is 2. The number of carbonyl (C=O) groups is 2. The zero-order valence-corrected chi connectivity index (χ0v) is 14.2. The predicted molar refractivity (Wildman–Crippen MR) is 91.1 cm³/mol. The Hall–Kier alpha value is -1.99. The van der Waals surface area contributed by atoms with Crippen LogP contribution in [0.2, 0.25) is 0 Å². The topological polar surface area (TPSA) is 64.7 Å². The van der Waals surface area contributed by atoms with E-state index in [0.29, 0.717) is 6.54 Å². The van der Waals surface area contributed by atoms with E-state index in [4.69, 9.17) is 0 Å². The second-order valence-electron chi connectivity index (χ2n) is 6.38. The van der Waals surface area contributed by atoms with E-state index in [2.05, 4.69) is 27.5 Å². The molecule has 1 saturated heterocycles. The average molecular weight is 336 g/mol. The summed E-state index contributed by atoms with van der Waals surface area (Å²) in [6.07, 6.45) is 0. The molecule has 2 amide bonds. The second-order valence-corrected chi connectivity index (χ2v) is 6.38. The van der Waals surface area contributed by atoms with Crippen molar-refractivity contribution in [1.82, 2.24) is 15.1 Å². The van der Waals surface area contributed by atoms with Crippen LogP contribution in [0.5, 0.6) is 0 Å². The lowest BCUT2D eigenvalue weighted by molar-refractivity contribution is -0.136. The number of hydrogen-bond acceptors (Lipinski definition) is 4. The van der Waals surface area contributed by atoms with Gasteiger partial charge in [0.15, 0.2) is 0 Å². The molecule has 24 heavy (non-hydrogen) atoms. The van der Waals surface area contributed by atoms with Crippen LogP contribution in [-0.4, -0.2) is 67.9 Å². The summed E-state index contributed by atoms with van der Waals surface area (Å²) < 4.78 is 13.1. The van der Waals surface area contributed by atoms with Crippen LogP contribution in [-0.2, 0) is 9.59 Å². The number of carbonyl (C=O) groups excluding carboxylic acids is 2. The van der Waals surface area contributed by atoms with Crippen LogP contribution >= 0.6 is 0 Å². The van der Waals surface area contributed by atoms with Gasteiger partial charge < -0.3 is 20.4 Å². The van der Waals surface area contributed by atoms with Gasteiger partial charge in [0.2, 0.25) is 0 Å². The van der Waals surface area contributed by atoms with Crippen LogP contribution in [0.1, 0.15) is 6.92 Å². The predicted octanol–water partition coefficient (Wildman–Crippen LogP) is 0.764. The minimum atomic E-state index is -0.785. The third-order valence-corrected chi connectivity index (χ3v) is 4.07. The van der Waals surface area contributed by atoms with E-state index in [0.717, 1.165) is 32.7 Å². The highest BCUT2D eigenvalue weighted by Gasteiger charge is 2.18. The Balaban J connectivity index is 1.70. The molecular weight excluding hydrogens is 311 g/mol. The van der Waals surface area contributed by atoms with Crippen molar-refractivity contribution in [2.45, 2.75) is 6.92 Å². The number of benzene rings is 1. The molecule has 6 nitrogen and oxygen atoms in total. The summed E-state index contributed by atoms with van der Waals surface area (Å²) in [5.74, 6) is -1.70. The van der Waals surface area contributed by atoms with Crippen LogP contribution in [0.25, 0.3) is 0 Å². The van der Waals surface area contributed by atoms with Crippen LogP contribution < -0.4 is 10.6 Å². The first-order valence-electron chi connectivity index (χ1n) is 8.19. The SMILES string of the molecule is C[C@H](CNC(=O)C(=O)Nc1cccc(F)c1)CN1CCN(C)CC1. The molecule has 0 aliphatic carbocycles. The van der Waals surface area contributed by atoms with Gasteiger partial charge in [0, 0.05) is 45.0 Å². The van der Waals surface area contributed by atoms with Crippen molar-refractivity contribution < 1.29 is 14.0 Å². The summed E-state index contributed by atoms with van der Waals surface area (Å²) >= 11 is 0. The molecule has 2 rings (SSSR count). The highest BCUT2D eigenvalue weighted by molar-refractivity contribution is 6.39. The Morgan fingerprint density at radius 1 is 1.21 bits per heavy atom. The van der Waals surface area contributed by atoms with Crippen LogP contribution in [0.4, 0.5) is 10.1 Å². The maximum absolute atomic E-state index is 13.1. The zero-order valence-electron chi connectivity index (χ0n) is 14.2. The maximum atomic E-state index is 13.1. The van der Waals surface area contributed by atoms with Gasteiger partial charge >= 0.3 is 11.8 Å². The van der Waals surface area contributed by atoms with Crippen LogP contribution in [0.15, 0.2) is 24.3 Å². The van der Waals surface area contributed by atoms with Gasteiger partial charge in [-0.05, 0) is 31.2 Å². The molecule has 0 unspecified atom stereocenters. The first-order chi connectivity index (χ1) is 11.4. The third-order valence-electron chi connectivity index (χ3n) is 4.07. The highest BCUT2D eigenvalue weighted by atomic mass is 19.1. The third kappa shape index (κ3) is 5.90. The van der Waals surface area contributed by atoms with Crippen molar-refractivity contribution in [3.8, 4) is 0 Å². The Kier molecular flexibility index (Phi) is 6.69. The molecule has 2 N–H and O–H groups in total. The summed E-state index contributed by atoms with van der Waals surface area (Å²) in [7, 11) is 2.11. The molecule has 0 saturated carbocycles. The van der Waals surface area contributed by atoms with Crippen LogP contribution in [0, 0.1) is 11.7 Å². The van der Waals surface area contributed by atoms with E-state index in [1.807, 2.05) is 6.92 Å². The fourth-order valence-corrected chi connectivity index (χ4v) is 2.64. The summed E-state index contributed by atoms with van der Waals surface area (Å²) in [6, 6.07) is 5.45. The van der Waals surface area contributed by atoms with Crippen molar-refractivity contribution in [2.24, 2.45) is 5.92 Å². The molecule has 0 aromatic heterocycles. The molecule has 0 spiro atoms. The summed E-state index contributed by atoms with van der Waals surface area (Å²) in [6.45, 7) is 7.51. The lowest BCUT2D eigenvalue weighted by atomic mass is 10.1. The highest BCUT2D eigenvalue weighted by Crippen LogP contribution is 2.09. The Morgan fingerprint density at radius 2 is 1.92 bits per heavy atom. The largest absolute Gasteiger partial charge is 0.348 e. The number of nitrogens with zero attached hydrogens (tertiary/aromatic N) is 2. The van der Waals surface area contributed by atoms with Gasteiger partial charge in [0.25, 0.3) is 0 Å². The molecule has 0 bridgehead atoms. The molecule has 1 fully saturated rings. The minimum Gasteiger partial charge on any atom is -0.348 e. The summed E-state index contributed by atoms with van der Waals surface area (Å²) in [4.78, 5) is 28.3. The number of likely N-dealkylation sites (N-methyl/N-ethyl adjacent to an activating group) is 1. The molecular formula is C17H25FN4O2. The van der Waals surface area contributed by atoms with Crippen LogP contribution in [0.3, 0.4) is 0 Å². The van der Waals surface area contributed by atoms with Crippen molar-refractivity contribution in [3.05, 3.63) is 30.1 Å². The van der Waals surface area contributed by atoms with Crippen molar-refractivity contribution in [3.63, 3.8) is 0 Å². The molecule has 1 aliphatic rings. The molecule has 1 heterocycles. The monoisotopic (exact) mass is 336 g/mol. The number of piperazine rings is 1. The molecule has 1 aliphatic heterocycles. The molecule has 1 aromatic rings. The lowest BCUT2D eigenvalue weighted by Gasteiger charge is -2.33. The van der Waals surface area contributed by atoms with E-state index in [-0.39, 0.29) is 11.6 Å². The summed E-state index contributed by atoms with van der Waals surface area (Å²) in [5, 5.41) is 5.02. The van der Waals surface area contributed by atoms with Crippen molar-refractivity contribution in [1.29, 1.82) is 0 Å². The van der Waals surface area contributed by atoms with Gasteiger partial charge in [0.1, 0.15) is 5.82 Å². The Labute approximate surface area is 142 Å². The molecule has 1 aromatic carbocycles. The van der Waals surface area contributed by atoms with Gasteiger partial charge in [-0.25, -0.2) is 4.39 Å². The molecule has 0 radical (unpaired) electrons. The smallest absolute Gasteiger partial charge is 0.313 e. The van der Waals surface area contributed by atoms with Crippen molar-refractivity contribution >= 4 is 17.5 Å². The van der Waals surface area contributed by atoms with E-state index in [9.17, 15) is 14.0 Å². The van der Waals surface area contributed by atoms with E-state index in [1.165, 1.54) is 24.3 Å². The number of nitrogens with one attached hydrogen (secondary N) is 2. The fourth-order valence-electron chi connectivity index (χ4n) is 2.64. The van der Waals surface area contributed by atoms with E-state index >= 15 is 0 Å². The van der Waals surface area contributed by atoms with E-state index in [1.54, 1.807) is 0 Å². The Bertz CT molecular complexity index is 573. The van der Waals surface area contributed by atoms with Gasteiger partial charge in [-0.2, -0.15) is 0 Å². The zero-order chi connectivity index (χ0) is 17.5. The number of hydrogen-bond donors (Lipinski definition) is 2. The normalized spacial score (nSPS) is 17.3. The van der Waals surface area contributed by atoms with E-state index < -0.39 is 17.6 Å². The second kappa shape index (κ2) is 8.75. The molecule has 1 atom stereocenters. The summed E-state index contributed by atoms with van der Waals surface area (Å²) in [5.41, 5.74) is 0.264. The quantitative estimate of drug-likeness (QED) is 0.780. The van der Waals surface area contributed by atoms with Gasteiger partial charge in [-0.1, -0.05) is 13.0 Å². The number of halogens is 1. The van der Waals surface area contributed by atoms with Gasteiger partial charge in [-0.3, -0.25) is 9.59 Å². The van der Waals surface area contributed by atoms with Crippen molar-refractivity contribution in [2.75, 3.05) is 51.6 Å². The number of anilines is 1. The Morgan fingerprint density at radius 3 is 2.58 bits per heavy atom. The molecule has 7 heteroatoms. The minimum absolute atomic E-state index is 0.249. The standard InChI is InChI=1S/C17H25FN4O2/c1-13(12-22-8-6-21(2)7-9-22)11-19-16(23)17(24)20-15-5-3-4-14(18)10-15/h3-5,10,13H,6-9,11-12H2,1-2H3,(H,19,23)(H,20,24)/t13-/m1/s1. The number of rotatable bonds is 5.